The first-order valence-electron chi connectivity index (χ1n) is 7.94. The number of carbonyl (C=O) groups excluding carboxylic acids is 1. The molecular weight excluding hydrogens is 361 g/mol. The van der Waals surface area contributed by atoms with Gasteiger partial charge in [0.1, 0.15) is 5.82 Å². The Kier molecular flexibility index (Phi) is 6.91. The molecule has 0 aliphatic carbocycles. The molecule has 1 aromatic rings. The number of carbonyl (C=O) groups is 1. The molecule has 7 heteroatoms. The van der Waals surface area contributed by atoms with Crippen molar-refractivity contribution in [3.8, 4) is 6.07 Å². The fourth-order valence-corrected chi connectivity index (χ4v) is 3.68. The Morgan fingerprint density at radius 2 is 2.28 bits per heavy atom. The number of benzene rings is 1. The van der Waals surface area contributed by atoms with Crippen LogP contribution in [0.15, 0.2) is 40.6 Å². The van der Waals surface area contributed by atoms with E-state index >= 15 is 0 Å². The number of rotatable bonds is 6. The van der Waals surface area contributed by atoms with Crippen molar-refractivity contribution >= 4 is 35.0 Å². The Bertz CT molecular complexity index is 770. The lowest BCUT2D eigenvalue weighted by atomic mass is 9.96. The Hall–Kier alpha value is -1.97. The summed E-state index contributed by atoms with van der Waals surface area (Å²) in [6.45, 7) is 3.92. The third kappa shape index (κ3) is 5.00. The fourth-order valence-electron chi connectivity index (χ4n) is 2.32. The number of nitriles is 1. The molecule has 4 nitrogen and oxygen atoms in total. The normalized spacial score (nSPS) is 16.8. The minimum Gasteiger partial charge on any atom is -0.353 e. The van der Waals surface area contributed by atoms with Crippen LogP contribution >= 0.6 is 23.4 Å². The number of anilines is 1. The van der Waals surface area contributed by atoms with Gasteiger partial charge in [0.15, 0.2) is 0 Å². The third-order valence-electron chi connectivity index (χ3n) is 3.62. The number of thioether (sulfide) groups is 1. The number of amides is 1. The van der Waals surface area contributed by atoms with Crippen molar-refractivity contribution in [2.45, 2.75) is 26.7 Å². The van der Waals surface area contributed by atoms with Crippen molar-refractivity contribution in [2.75, 3.05) is 11.1 Å². The second-order valence-corrected chi connectivity index (χ2v) is 7.16. The van der Waals surface area contributed by atoms with E-state index < -0.39 is 17.6 Å². The molecule has 1 heterocycles. The van der Waals surface area contributed by atoms with Crippen molar-refractivity contribution in [2.24, 2.45) is 5.92 Å². The molecule has 132 valence electrons. The van der Waals surface area contributed by atoms with Gasteiger partial charge in [-0.1, -0.05) is 24.9 Å². The van der Waals surface area contributed by atoms with Crippen LogP contribution in [0.4, 0.5) is 10.1 Å². The number of hydrogen-bond donors (Lipinski definition) is 2. The lowest BCUT2D eigenvalue weighted by Crippen LogP contribution is -2.29. The van der Waals surface area contributed by atoms with E-state index in [1.54, 1.807) is 6.08 Å². The van der Waals surface area contributed by atoms with E-state index in [4.69, 9.17) is 11.6 Å². The lowest BCUT2D eigenvalue weighted by Gasteiger charge is -2.23. The molecule has 1 aliphatic rings. The van der Waals surface area contributed by atoms with Gasteiger partial charge in [-0.25, -0.2) is 4.39 Å². The van der Waals surface area contributed by atoms with E-state index in [2.05, 4.69) is 23.6 Å². The Morgan fingerprint density at radius 3 is 2.92 bits per heavy atom. The second kappa shape index (κ2) is 8.93. The van der Waals surface area contributed by atoms with Gasteiger partial charge < -0.3 is 10.6 Å². The van der Waals surface area contributed by atoms with Gasteiger partial charge >= 0.3 is 0 Å². The standard InChI is InChI=1S/C18H19ClFN3OS/c1-3-4-7-25-18-14(10-21)13(8-11(2)22-18)17(24)23-16-6-5-12(19)9-15(16)20/h5-6,8-9,13,22H,3-4,7H2,1-2H3,(H,23,24). The van der Waals surface area contributed by atoms with Crippen molar-refractivity contribution in [1.82, 2.24) is 5.32 Å². The molecule has 1 aromatic carbocycles. The molecule has 1 aliphatic heterocycles. The molecular formula is C18H19ClFN3OS. The summed E-state index contributed by atoms with van der Waals surface area (Å²) in [5, 5.41) is 16.2. The van der Waals surface area contributed by atoms with Crippen molar-refractivity contribution in [3.05, 3.63) is 51.4 Å². The second-order valence-electron chi connectivity index (χ2n) is 5.62. The van der Waals surface area contributed by atoms with Gasteiger partial charge in [0.25, 0.3) is 0 Å². The van der Waals surface area contributed by atoms with Gasteiger partial charge in [0.05, 0.1) is 28.3 Å². The summed E-state index contributed by atoms with van der Waals surface area (Å²) in [6, 6.07) is 6.15. The first kappa shape index (κ1) is 19.4. The van der Waals surface area contributed by atoms with Crippen molar-refractivity contribution < 1.29 is 9.18 Å². The Labute approximate surface area is 156 Å². The molecule has 1 atom stereocenters. The average molecular weight is 380 g/mol. The van der Waals surface area contributed by atoms with Crippen molar-refractivity contribution in [3.63, 3.8) is 0 Å². The van der Waals surface area contributed by atoms with Gasteiger partial charge in [-0.15, -0.1) is 11.8 Å². The molecule has 25 heavy (non-hydrogen) atoms. The summed E-state index contributed by atoms with van der Waals surface area (Å²) in [4.78, 5) is 12.6. The highest BCUT2D eigenvalue weighted by molar-refractivity contribution is 8.03. The monoisotopic (exact) mass is 379 g/mol. The smallest absolute Gasteiger partial charge is 0.236 e. The molecule has 0 saturated heterocycles. The lowest BCUT2D eigenvalue weighted by molar-refractivity contribution is -0.117. The molecule has 0 aromatic heterocycles. The molecule has 0 spiro atoms. The number of nitrogens with one attached hydrogen (secondary N) is 2. The maximum absolute atomic E-state index is 13.9. The van der Waals surface area contributed by atoms with Gasteiger partial charge in [-0.2, -0.15) is 5.26 Å². The van der Waals surface area contributed by atoms with E-state index in [-0.39, 0.29) is 10.7 Å². The van der Waals surface area contributed by atoms with Gasteiger partial charge in [-0.05, 0) is 43.4 Å². The quantitative estimate of drug-likeness (QED) is 0.696. The SMILES string of the molecule is CCCCSC1=C(C#N)C(C(=O)Nc2ccc(Cl)cc2F)C=C(C)N1. The summed E-state index contributed by atoms with van der Waals surface area (Å²) in [5.74, 6) is -0.967. The molecule has 0 bridgehead atoms. The van der Waals surface area contributed by atoms with Crippen LogP contribution in [0.3, 0.4) is 0 Å². The predicted octanol–water partition coefficient (Wildman–Crippen LogP) is 4.81. The van der Waals surface area contributed by atoms with Crippen LogP contribution in [-0.2, 0) is 4.79 Å². The highest BCUT2D eigenvalue weighted by Crippen LogP contribution is 2.30. The maximum Gasteiger partial charge on any atom is 0.236 e. The van der Waals surface area contributed by atoms with E-state index in [1.165, 1.54) is 23.9 Å². The Balaban J connectivity index is 2.23. The van der Waals surface area contributed by atoms with Gasteiger partial charge in [0.2, 0.25) is 5.91 Å². The molecule has 0 radical (unpaired) electrons. The zero-order valence-corrected chi connectivity index (χ0v) is 15.6. The van der Waals surface area contributed by atoms with Gasteiger partial charge in [-0.3, -0.25) is 4.79 Å². The van der Waals surface area contributed by atoms with Crippen LogP contribution in [0.25, 0.3) is 0 Å². The van der Waals surface area contributed by atoms with Crippen LogP contribution < -0.4 is 10.6 Å². The predicted molar refractivity (Wildman–Crippen MR) is 100 cm³/mol. The third-order valence-corrected chi connectivity index (χ3v) is 4.96. The van der Waals surface area contributed by atoms with E-state index in [0.29, 0.717) is 10.6 Å². The number of dihydropyridines is 1. The molecule has 2 N–H and O–H groups in total. The highest BCUT2D eigenvalue weighted by Gasteiger charge is 2.28. The molecule has 1 amide bonds. The van der Waals surface area contributed by atoms with Crippen LogP contribution in [0.2, 0.25) is 5.02 Å². The summed E-state index contributed by atoms with van der Waals surface area (Å²) in [6.07, 6.45) is 3.74. The van der Waals surface area contributed by atoms with Crippen LogP contribution in [0.1, 0.15) is 26.7 Å². The van der Waals surface area contributed by atoms with E-state index in [1.807, 2.05) is 6.92 Å². The van der Waals surface area contributed by atoms with Crippen LogP contribution in [0.5, 0.6) is 0 Å². The number of allylic oxidation sites excluding steroid dienone is 1. The zero-order valence-electron chi connectivity index (χ0n) is 14.0. The number of nitrogens with zero attached hydrogens (tertiary/aromatic N) is 1. The fraction of sp³-hybridized carbons (Fsp3) is 0.333. The van der Waals surface area contributed by atoms with E-state index in [0.717, 1.165) is 30.4 Å². The van der Waals surface area contributed by atoms with E-state index in [9.17, 15) is 14.4 Å². The first-order valence-corrected chi connectivity index (χ1v) is 9.31. The minimum absolute atomic E-state index is 0.0384. The average Bonchev–Trinajstić information content (AvgIpc) is 2.57. The number of unbranched alkanes of at least 4 members (excludes halogenated alkanes) is 1. The molecule has 2 rings (SSSR count). The maximum atomic E-state index is 13.9. The summed E-state index contributed by atoms with van der Waals surface area (Å²) >= 11 is 7.25. The minimum atomic E-state index is -0.759. The molecule has 0 fully saturated rings. The number of halogens is 2. The number of hydrogen-bond acceptors (Lipinski definition) is 4. The topological polar surface area (TPSA) is 64.9 Å². The highest BCUT2D eigenvalue weighted by atomic mass is 35.5. The van der Waals surface area contributed by atoms with Crippen LogP contribution in [-0.4, -0.2) is 11.7 Å². The summed E-state index contributed by atoms with van der Waals surface area (Å²) in [5.41, 5.74) is 1.17. The van der Waals surface area contributed by atoms with Gasteiger partial charge in [0, 0.05) is 10.7 Å². The largest absolute Gasteiger partial charge is 0.353 e. The van der Waals surface area contributed by atoms with Crippen molar-refractivity contribution in [1.29, 1.82) is 5.26 Å². The zero-order chi connectivity index (χ0) is 18.4. The molecule has 0 saturated carbocycles. The summed E-state index contributed by atoms with van der Waals surface area (Å²) < 4.78 is 13.9. The first-order chi connectivity index (χ1) is 12.0. The van der Waals surface area contributed by atoms with Crippen LogP contribution in [0, 0.1) is 23.1 Å². The molecule has 1 unspecified atom stereocenters. The summed E-state index contributed by atoms with van der Waals surface area (Å²) in [7, 11) is 0. The Morgan fingerprint density at radius 1 is 1.52 bits per heavy atom.